The van der Waals surface area contributed by atoms with E-state index in [0.29, 0.717) is 56.2 Å². The van der Waals surface area contributed by atoms with E-state index in [1.165, 1.54) is 94.4 Å². The van der Waals surface area contributed by atoms with Gasteiger partial charge in [0.25, 0.3) is 5.56 Å². The lowest BCUT2D eigenvalue weighted by atomic mass is 10.0. The van der Waals surface area contributed by atoms with Crippen LogP contribution in [0.25, 0.3) is 11.4 Å². The minimum absolute atomic E-state index is 0.0526. The van der Waals surface area contributed by atoms with Gasteiger partial charge in [0.1, 0.15) is 12.2 Å². The van der Waals surface area contributed by atoms with Crippen LogP contribution in [0.1, 0.15) is 172 Å². The quantitative estimate of drug-likeness (QED) is 0.0816. The zero-order valence-electron chi connectivity index (χ0n) is 36.9. The summed E-state index contributed by atoms with van der Waals surface area (Å²) in [5.74, 6) is 0.172. The Morgan fingerprint density at radius 3 is 2.11 bits per heavy atom. The van der Waals surface area contributed by atoms with E-state index in [4.69, 9.17) is 21.7 Å². The lowest BCUT2D eigenvalue weighted by Gasteiger charge is -2.37. The van der Waals surface area contributed by atoms with Crippen molar-refractivity contribution in [3.63, 3.8) is 0 Å². The Kier molecular flexibility index (Phi) is 19.9. The smallest absolute Gasteiger partial charge is 0.393 e. The molecule has 2 aliphatic rings. The number of alkyl halides is 3. The van der Waals surface area contributed by atoms with Gasteiger partial charge in [-0.2, -0.15) is 22.7 Å². The molecule has 0 radical (unpaired) electrons. The highest BCUT2D eigenvalue weighted by atomic mass is 35.5. The van der Waals surface area contributed by atoms with Gasteiger partial charge in [-0.15, -0.1) is 5.10 Å². The fraction of sp³-hybridized carbons (Fsp3) is 0.702. The standard InChI is InChI=1S/C47H71ClF3N7O3/c1-3-5-6-7-8-9-10-11-12-13-14-15-16-17-22-25-38(59)28-29-55-30-32-56(33-31-55)43-41(4-2)57(35-42(60)52-40-27-26-37(34-39(40)48)47(49,50)51)46-53-44(54-58(46)45(43)61)36-23-20-18-19-21-24-36/h23,26-27,34,38,59H,3-22,24-25,28-33,35H2,1-2H3,(H,52,60). The monoisotopic (exact) mass is 874 g/mol. The number of nitrogens with one attached hydrogen (secondary N) is 1. The molecule has 1 fully saturated rings. The number of carbonyl (C=O) groups excluding carboxylic acids is 1. The summed E-state index contributed by atoms with van der Waals surface area (Å²) in [6.07, 6.45) is 23.9. The number of aliphatic hydroxyl groups is 1. The summed E-state index contributed by atoms with van der Waals surface area (Å²) >= 11 is 6.19. The van der Waals surface area contributed by atoms with Crippen LogP contribution in [0.5, 0.6) is 0 Å². The first-order valence-electron chi connectivity index (χ1n) is 23.5. The zero-order chi connectivity index (χ0) is 43.6. The second kappa shape index (κ2) is 25.0. The molecule has 14 heteroatoms. The molecule has 0 bridgehead atoms. The number of nitrogens with zero attached hydrogens (tertiary/aromatic N) is 6. The summed E-state index contributed by atoms with van der Waals surface area (Å²) in [6, 6.07) is 2.81. The molecule has 1 aliphatic heterocycles. The number of piperazine rings is 1. The number of amides is 1. The summed E-state index contributed by atoms with van der Waals surface area (Å²) in [5.41, 5.74) is 0.919. The molecule has 1 unspecified atom stereocenters. The molecule has 1 aliphatic carbocycles. The number of rotatable bonds is 25. The Bertz CT molecular complexity index is 1900. The van der Waals surface area contributed by atoms with Crippen molar-refractivity contribution < 1.29 is 23.1 Å². The van der Waals surface area contributed by atoms with E-state index in [1.807, 2.05) is 6.92 Å². The number of carbonyl (C=O) groups is 1. The Morgan fingerprint density at radius 2 is 1.51 bits per heavy atom. The molecule has 340 valence electrons. The van der Waals surface area contributed by atoms with Crippen molar-refractivity contribution in [2.45, 2.75) is 180 Å². The number of unbranched alkanes of at least 4 members (excludes halogenated alkanes) is 14. The minimum atomic E-state index is -4.57. The SMILES string of the molecule is CCCCCCCCCCCCCCCCCC(O)CCN1CCN(c2c(CC)n(CC(=O)Nc3ccc(C(F)(F)F)cc3Cl)c3nc(C4=CCCCCC4)nn3c2=O)CC1. The molecule has 1 saturated heterocycles. The highest BCUT2D eigenvalue weighted by Crippen LogP contribution is 2.34. The fourth-order valence-electron chi connectivity index (χ4n) is 8.83. The van der Waals surface area contributed by atoms with Gasteiger partial charge in [-0.05, 0) is 68.7 Å². The van der Waals surface area contributed by atoms with Crippen molar-refractivity contribution in [3.05, 3.63) is 56.7 Å². The number of halogens is 4. The van der Waals surface area contributed by atoms with Crippen LogP contribution in [0, 0.1) is 0 Å². The zero-order valence-corrected chi connectivity index (χ0v) is 37.6. The second-order valence-electron chi connectivity index (χ2n) is 17.3. The lowest BCUT2D eigenvalue weighted by Crippen LogP contribution is -2.49. The van der Waals surface area contributed by atoms with Crippen molar-refractivity contribution >= 4 is 40.2 Å². The van der Waals surface area contributed by atoms with Crippen molar-refractivity contribution in [3.8, 4) is 0 Å². The van der Waals surface area contributed by atoms with Gasteiger partial charge < -0.3 is 19.9 Å². The maximum Gasteiger partial charge on any atom is 0.416 e. The van der Waals surface area contributed by atoms with Crippen LogP contribution >= 0.6 is 11.6 Å². The molecule has 0 spiro atoms. The van der Waals surface area contributed by atoms with E-state index in [0.717, 1.165) is 75.3 Å². The van der Waals surface area contributed by atoms with Gasteiger partial charge in [-0.3, -0.25) is 14.5 Å². The highest BCUT2D eigenvalue weighted by Gasteiger charge is 2.32. The second-order valence-corrected chi connectivity index (χ2v) is 17.7. The summed E-state index contributed by atoms with van der Waals surface area (Å²) < 4.78 is 42.9. The van der Waals surface area contributed by atoms with Crippen LogP contribution in [0.2, 0.25) is 5.02 Å². The van der Waals surface area contributed by atoms with Crippen LogP contribution in [-0.4, -0.2) is 73.9 Å². The number of hydrogen-bond acceptors (Lipinski definition) is 7. The molecule has 2 N–H and O–H groups in total. The Balaban J connectivity index is 1.14. The van der Waals surface area contributed by atoms with Crippen molar-refractivity contribution in [2.24, 2.45) is 0 Å². The third-order valence-electron chi connectivity index (χ3n) is 12.5. The first-order valence-corrected chi connectivity index (χ1v) is 23.9. The lowest BCUT2D eigenvalue weighted by molar-refractivity contribution is -0.137. The summed E-state index contributed by atoms with van der Waals surface area (Å²) in [7, 11) is 0. The maximum atomic E-state index is 14.4. The van der Waals surface area contributed by atoms with Gasteiger partial charge in [0.15, 0.2) is 5.82 Å². The Labute approximate surface area is 366 Å². The first kappa shape index (κ1) is 48.6. The van der Waals surface area contributed by atoms with Crippen molar-refractivity contribution in [1.29, 1.82) is 0 Å². The number of aliphatic hydroxyl groups excluding tert-OH is 1. The Morgan fingerprint density at radius 1 is 0.869 bits per heavy atom. The van der Waals surface area contributed by atoms with Gasteiger partial charge in [0.2, 0.25) is 11.7 Å². The van der Waals surface area contributed by atoms with Crippen LogP contribution in [0.15, 0.2) is 29.1 Å². The van der Waals surface area contributed by atoms with Crippen LogP contribution in [0.4, 0.5) is 24.5 Å². The first-order chi connectivity index (χ1) is 29.5. The predicted molar refractivity (Wildman–Crippen MR) is 242 cm³/mol. The molecular formula is C47H71ClF3N7O3. The molecule has 3 aromatic rings. The molecule has 1 aromatic carbocycles. The normalized spacial score (nSPS) is 15.9. The fourth-order valence-corrected chi connectivity index (χ4v) is 9.06. The van der Waals surface area contributed by atoms with E-state index in [9.17, 15) is 27.9 Å². The summed E-state index contributed by atoms with van der Waals surface area (Å²) in [5, 5.41) is 18.0. The summed E-state index contributed by atoms with van der Waals surface area (Å²) in [4.78, 5) is 37.2. The average Bonchev–Trinajstić information content (AvgIpc) is 3.51. The molecule has 1 amide bonds. The van der Waals surface area contributed by atoms with E-state index in [1.54, 1.807) is 4.57 Å². The number of hydrogen-bond donors (Lipinski definition) is 2. The number of aromatic nitrogens is 4. The number of benzene rings is 1. The number of allylic oxidation sites excluding steroid dienone is 2. The Hall–Kier alpha value is -3.42. The topological polar surface area (TPSA) is 108 Å². The van der Waals surface area contributed by atoms with Gasteiger partial charge in [-0.1, -0.05) is 134 Å². The summed E-state index contributed by atoms with van der Waals surface area (Å²) in [6.45, 7) is 7.33. The molecule has 61 heavy (non-hydrogen) atoms. The van der Waals surface area contributed by atoms with Crippen LogP contribution in [-0.2, 0) is 23.9 Å². The molecule has 0 saturated carbocycles. The maximum absolute atomic E-state index is 14.4. The minimum Gasteiger partial charge on any atom is -0.393 e. The van der Waals surface area contributed by atoms with Gasteiger partial charge in [0, 0.05) is 32.7 Å². The van der Waals surface area contributed by atoms with E-state index in [2.05, 4.69) is 28.1 Å². The molecule has 5 rings (SSSR count). The van der Waals surface area contributed by atoms with E-state index in [-0.39, 0.29) is 34.7 Å². The molecular weight excluding hydrogens is 803 g/mol. The number of fused-ring (bicyclic) bond motifs is 1. The van der Waals surface area contributed by atoms with Gasteiger partial charge in [0.05, 0.1) is 28.1 Å². The highest BCUT2D eigenvalue weighted by molar-refractivity contribution is 6.33. The van der Waals surface area contributed by atoms with Crippen molar-refractivity contribution in [2.75, 3.05) is 42.9 Å². The third-order valence-corrected chi connectivity index (χ3v) is 12.8. The third kappa shape index (κ3) is 14.8. The molecule has 2 aromatic heterocycles. The molecule has 1 atom stereocenters. The largest absolute Gasteiger partial charge is 0.416 e. The average molecular weight is 875 g/mol. The van der Waals surface area contributed by atoms with E-state index < -0.39 is 17.6 Å². The molecule has 10 nitrogen and oxygen atoms in total. The van der Waals surface area contributed by atoms with Crippen molar-refractivity contribution in [1.82, 2.24) is 24.1 Å². The van der Waals surface area contributed by atoms with Gasteiger partial charge in [-0.25, -0.2) is 0 Å². The number of anilines is 2. The van der Waals surface area contributed by atoms with E-state index >= 15 is 0 Å². The van der Waals surface area contributed by atoms with Crippen LogP contribution in [0.3, 0.4) is 0 Å². The predicted octanol–water partition coefficient (Wildman–Crippen LogP) is 11.2. The van der Waals surface area contributed by atoms with Crippen LogP contribution < -0.4 is 15.8 Å². The van der Waals surface area contributed by atoms with Gasteiger partial charge >= 0.3 is 6.18 Å². The molecule has 3 heterocycles.